The van der Waals surface area contributed by atoms with E-state index in [9.17, 15) is 4.79 Å². The lowest BCUT2D eigenvalue weighted by molar-refractivity contribution is 0.102. The molecular weight excluding hydrogens is 376 g/mol. The number of aryl methyl sites for hydroxylation is 2. The van der Waals surface area contributed by atoms with Gasteiger partial charge in [0.25, 0.3) is 5.91 Å². The van der Waals surface area contributed by atoms with Gasteiger partial charge in [0.15, 0.2) is 0 Å². The molecule has 144 valence electrons. The molecule has 0 atom stereocenters. The number of aromatic nitrogens is 2. The Morgan fingerprint density at radius 1 is 1.14 bits per heavy atom. The zero-order valence-electron chi connectivity index (χ0n) is 15.9. The molecule has 3 aromatic rings. The number of benzene rings is 2. The van der Waals surface area contributed by atoms with Crippen LogP contribution in [0, 0.1) is 6.92 Å². The monoisotopic (exact) mass is 396 g/mol. The number of carbonyl (C=O) groups is 1. The summed E-state index contributed by atoms with van der Waals surface area (Å²) in [6, 6.07) is 11.5. The van der Waals surface area contributed by atoms with E-state index in [1.54, 1.807) is 12.1 Å². The van der Waals surface area contributed by atoms with Crippen LogP contribution in [0.15, 0.2) is 48.8 Å². The minimum absolute atomic E-state index is 0.196. The predicted molar refractivity (Wildman–Crippen MR) is 112 cm³/mol. The van der Waals surface area contributed by atoms with Gasteiger partial charge in [-0.2, -0.15) is 0 Å². The van der Waals surface area contributed by atoms with Crippen molar-refractivity contribution in [3.63, 3.8) is 0 Å². The van der Waals surface area contributed by atoms with Crippen LogP contribution in [0.5, 0.6) is 5.75 Å². The van der Waals surface area contributed by atoms with Crippen molar-refractivity contribution in [2.45, 2.75) is 20.3 Å². The number of methoxy groups -OCH3 is 1. The number of amides is 1. The quantitative estimate of drug-likeness (QED) is 0.612. The molecule has 0 saturated carbocycles. The van der Waals surface area contributed by atoms with Gasteiger partial charge in [-0.15, -0.1) is 0 Å². The molecule has 1 amide bonds. The first kappa shape index (κ1) is 19.6. The largest absolute Gasteiger partial charge is 0.495 e. The highest BCUT2D eigenvalue weighted by Gasteiger charge is 2.13. The lowest BCUT2D eigenvalue weighted by Gasteiger charge is -2.12. The summed E-state index contributed by atoms with van der Waals surface area (Å²) in [5, 5.41) is 6.51. The number of hydrogen-bond donors (Lipinski definition) is 2. The number of carbonyl (C=O) groups excluding carboxylic acids is 1. The van der Waals surface area contributed by atoms with Gasteiger partial charge in [-0.3, -0.25) is 4.79 Å². The second-order valence-electron chi connectivity index (χ2n) is 6.22. The molecule has 28 heavy (non-hydrogen) atoms. The SMILES string of the molecule is CCc1ccc(Nc2cnc(C(=O)Nc3cc(C)c(Cl)cc3OC)cn2)cc1. The Kier molecular flexibility index (Phi) is 6.11. The first-order valence-electron chi connectivity index (χ1n) is 8.83. The minimum atomic E-state index is -0.383. The van der Waals surface area contributed by atoms with Crippen LogP contribution in [0.2, 0.25) is 5.02 Å². The molecular formula is C21H21ClN4O2. The molecule has 6 nitrogen and oxygen atoms in total. The fourth-order valence-electron chi connectivity index (χ4n) is 2.60. The van der Waals surface area contributed by atoms with Crippen LogP contribution in [0.1, 0.15) is 28.5 Å². The van der Waals surface area contributed by atoms with Crippen LogP contribution in [0.4, 0.5) is 17.2 Å². The van der Waals surface area contributed by atoms with E-state index in [2.05, 4.69) is 39.7 Å². The summed E-state index contributed by atoms with van der Waals surface area (Å²) < 4.78 is 5.27. The maximum Gasteiger partial charge on any atom is 0.275 e. The highest BCUT2D eigenvalue weighted by molar-refractivity contribution is 6.31. The van der Waals surface area contributed by atoms with Gasteiger partial charge in [0, 0.05) is 16.8 Å². The smallest absolute Gasteiger partial charge is 0.275 e. The topological polar surface area (TPSA) is 76.1 Å². The van der Waals surface area contributed by atoms with Gasteiger partial charge in [0.2, 0.25) is 0 Å². The molecule has 0 aliphatic heterocycles. The maximum atomic E-state index is 12.5. The first-order valence-corrected chi connectivity index (χ1v) is 9.21. The summed E-state index contributed by atoms with van der Waals surface area (Å²) in [5.41, 5.74) is 3.72. The third-order valence-electron chi connectivity index (χ3n) is 4.25. The predicted octanol–water partition coefficient (Wildman–Crippen LogP) is 5.01. The molecule has 0 aliphatic rings. The third-order valence-corrected chi connectivity index (χ3v) is 4.66. The number of nitrogens with zero attached hydrogens (tertiary/aromatic N) is 2. The number of nitrogens with one attached hydrogen (secondary N) is 2. The summed E-state index contributed by atoms with van der Waals surface area (Å²) in [7, 11) is 1.52. The van der Waals surface area contributed by atoms with Crippen molar-refractivity contribution in [3.05, 3.63) is 70.6 Å². The van der Waals surface area contributed by atoms with Crippen molar-refractivity contribution in [1.29, 1.82) is 0 Å². The zero-order valence-corrected chi connectivity index (χ0v) is 16.7. The van der Waals surface area contributed by atoms with Crippen molar-refractivity contribution in [2.24, 2.45) is 0 Å². The zero-order chi connectivity index (χ0) is 20.1. The molecule has 0 bridgehead atoms. The fraction of sp³-hybridized carbons (Fsp3) is 0.190. The van der Waals surface area contributed by atoms with E-state index in [0.717, 1.165) is 17.7 Å². The fourth-order valence-corrected chi connectivity index (χ4v) is 2.75. The van der Waals surface area contributed by atoms with Crippen molar-refractivity contribution in [1.82, 2.24) is 9.97 Å². The van der Waals surface area contributed by atoms with E-state index in [-0.39, 0.29) is 11.6 Å². The Balaban J connectivity index is 1.70. The second-order valence-corrected chi connectivity index (χ2v) is 6.63. The Bertz CT molecular complexity index is 973. The normalized spacial score (nSPS) is 10.4. The van der Waals surface area contributed by atoms with Crippen LogP contribution >= 0.6 is 11.6 Å². The number of halogens is 1. The van der Waals surface area contributed by atoms with Crippen LogP contribution in [0.25, 0.3) is 0 Å². The van der Waals surface area contributed by atoms with Gasteiger partial charge in [-0.25, -0.2) is 9.97 Å². The van der Waals surface area contributed by atoms with Crippen molar-refractivity contribution < 1.29 is 9.53 Å². The highest BCUT2D eigenvalue weighted by atomic mass is 35.5. The van der Waals surface area contributed by atoms with E-state index in [0.29, 0.717) is 22.3 Å². The Labute approximate surface area is 168 Å². The molecule has 0 fully saturated rings. The van der Waals surface area contributed by atoms with Gasteiger partial charge in [-0.1, -0.05) is 30.7 Å². The summed E-state index contributed by atoms with van der Waals surface area (Å²) in [5.74, 6) is 0.651. The minimum Gasteiger partial charge on any atom is -0.495 e. The van der Waals surface area contributed by atoms with Crippen molar-refractivity contribution >= 4 is 34.7 Å². The van der Waals surface area contributed by atoms with E-state index in [1.807, 2.05) is 19.1 Å². The third kappa shape index (κ3) is 4.58. The summed E-state index contributed by atoms with van der Waals surface area (Å²) in [6.45, 7) is 3.96. The van der Waals surface area contributed by atoms with Gasteiger partial charge >= 0.3 is 0 Å². The van der Waals surface area contributed by atoms with Crippen molar-refractivity contribution in [3.8, 4) is 5.75 Å². The molecule has 0 aliphatic carbocycles. The van der Waals surface area contributed by atoms with Crippen LogP contribution in [0.3, 0.4) is 0 Å². The molecule has 0 radical (unpaired) electrons. The molecule has 2 aromatic carbocycles. The summed E-state index contributed by atoms with van der Waals surface area (Å²) >= 11 is 6.10. The van der Waals surface area contributed by atoms with Crippen LogP contribution < -0.4 is 15.4 Å². The lowest BCUT2D eigenvalue weighted by atomic mass is 10.1. The number of anilines is 3. The van der Waals surface area contributed by atoms with Gasteiger partial charge in [-0.05, 0) is 42.7 Å². The second kappa shape index (κ2) is 8.71. The number of ether oxygens (including phenoxy) is 1. The Morgan fingerprint density at radius 2 is 1.89 bits per heavy atom. The lowest BCUT2D eigenvalue weighted by Crippen LogP contribution is -2.15. The molecule has 0 spiro atoms. The van der Waals surface area contributed by atoms with Gasteiger partial charge in [0.1, 0.15) is 17.3 Å². The molecule has 7 heteroatoms. The average molecular weight is 397 g/mol. The molecule has 3 rings (SSSR count). The van der Waals surface area contributed by atoms with Gasteiger partial charge in [0.05, 0.1) is 25.2 Å². The van der Waals surface area contributed by atoms with E-state index < -0.39 is 0 Å². The molecule has 1 heterocycles. The Hall–Kier alpha value is -3.12. The maximum absolute atomic E-state index is 12.5. The Morgan fingerprint density at radius 3 is 2.50 bits per heavy atom. The molecule has 0 saturated heterocycles. The summed E-state index contributed by atoms with van der Waals surface area (Å²) in [4.78, 5) is 21.0. The highest BCUT2D eigenvalue weighted by Crippen LogP contribution is 2.31. The average Bonchev–Trinajstić information content (AvgIpc) is 2.71. The standard InChI is InChI=1S/C21H21ClN4O2/c1-4-14-5-7-15(8-6-14)25-20-12-23-18(11-24-20)21(27)26-17-9-13(2)16(22)10-19(17)28-3/h5-12H,4H2,1-3H3,(H,24,25)(H,26,27). The number of rotatable bonds is 6. The van der Waals surface area contributed by atoms with Crippen LogP contribution in [-0.4, -0.2) is 23.0 Å². The summed E-state index contributed by atoms with van der Waals surface area (Å²) in [6.07, 6.45) is 3.93. The van der Waals surface area contributed by atoms with Crippen molar-refractivity contribution in [2.75, 3.05) is 17.7 Å². The first-order chi connectivity index (χ1) is 13.5. The number of hydrogen-bond acceptors (Lipinski definition) is 5. The van der Waals surface area contributed by atoms with Crippen LogP contribution in [-0.2, 0) is 6.42 Å². The molecule has 1 aromatic heterocycles. The molecule has 0 unspecified atom stereocenters. The van der Waals surface area contributed by atoms with E-state index in [4.69, 9.17) is 16.3 Å². The van der Waals surface area contributed by atoms with Gasteiger partial charge < -0.3 is 15.4 Å². The molecule has 2 N–H and O–H groups in total. The van der Waals surface area contributed by atoms with E-state index in [1.165, 1.54) is 25.1 Å². The van der Waals surface area contributed by atoms with E-state index >= 15 is 0 Å².